The van der Waals surface area contributed by atoms with Crippen LogP contribution in [0, 0.1) is 5.92 Å². The molecule has 1 fully saturated rings. The Labute approximate surface area is 327 Å². The van der Waals surface area contributed by atoms with E-state index in [0.717, 1.165) is 23.4 Å². The predicted molar refractivity (Wildman–Crippen MR) is 210 cm³/mol. The summed E-state index contributed by atoms with van der Waals surface area (Å²) in [5.74, 6) is -1.54. The third kappa shape index (κ3) is 7.80. The van der Waals surface area contributed by atoms with Gasteiger partial charge < -0.3 is 19.5 Å². The molecule has 0 atom stereocenters. The minimum Gasteiger partial charge on any atom is -0.744 e. The van der Waals surface area contributed by atoms with E-state index in [0.29, 0.717) is 49.3 Å². The van der Waals surface area contributed by atoms with Crippen LogP contribution in [0.3, 0.4) is 0 Å². The molecule has 17 heteroatoms. The summed E-state index contributed by atoms with van der Waals surface area (Å²) < 4.78 is 75.8. The molecule has 0 saturated carbocycles. The molecule has 1 saturated heterocycles. The fourth-order valence-corrected chi connectivity index (χ4v) is 9.36. The first-order chi connectivity index (χ1) is 26.8. The molecule has 0 amide bonds. The summed E-state index contributed by atoms with van der Waals surface area (Å²) in [7, 11) is -5.04. The van der Waals surface area contributed by atoms with Gasteiger partial charge >= 0.3 is 17.1 Å². The Morgan fingerprint density at radius 1 is 0.786 bits per heavy atom. The van der Waals surface area contributed by atoms with Gasteiger partial charge in [0.2, 0.25) is 10.0 Å². The van der Waals surface area contributed by atoms with Gasteiger partial charge in [-0.15, -0.1) is 4.33 Å². The molecule has 1 aliphatic rings. The van der Waals surface area contributed by atoms with Crippen molar-refractivity contribution >= 4 is 82.8 Å². The highest BCUT2D eigenvalue weighted by Crippen LogP contribution is 2.43. The van der Waals surface area contributed by atoms with Gasteiger partial charge in [0.05, 0.1) is 62.0 Å². The van der Waals surface area contributed by atoms with Crippen molar-refractivity contribution in [3.05, 3.63) is 109 Å². The number of piperidine rings is 1. The van der Waals surface area contributed by atoms with Gasteiger partial charge in [0.1, 0.15) is 10.1 Å². The zero-order valence-corrected chi connectivity index (χ0v) is 32.4. The summed E-state index contributed by atoms with van der Waals surface area (Å²) in [6, 6.07) is 30.7. The third-order valence-corrected chi connectivity index (χ3v) is 13.3. The van der Waals surface area contributed by atoms with Crippen LogP contribution in [0.25, 0.3) is 33.1 Å². The first-order valence-electron chi connectivity index (χ1n) is 17.2. The summed E-state index contributed by atoms with van der Waals surface area (Å²) in [4.78, 5) is 15.8. The molecule has 0 unspecified atom stereocenters. The molecule has 0 bridgehead atoms. The largest absolute Gasteiger partial charge is 0.744 e. The normalized spacial score (nSPS) is 14.3. The fourth-order valence-electron chi connectivity index (χ4n) is 6.87. The van der Waals surface area contributed by atoms with Crippen molar-refractivity contribution in [3.63, 3.8) is 0 Å². The molecule has 0 aliphatic carbocycles. The van der Waals surface area contributed by atoms with Crippen molar-refractivity contribution in [2.45, 2.75) is 27.5 Å². The van der Waals surface area contributed by atoms with E-state index in [2.05, 4.69) is 9.37 Å². The maximum atomic E-state index is 14.4. The molecule has 2 heterocycles. The minimum atomic E-state index is -4.63. The zero-order valence-electron chi connectivity index (χ0n) is 29.9. The molecule has 2 N–H and O–H groups in total. The average Bonchev–Trinajstić information content (AvgIpc) is 3.21. The fraction of sp³-hybridized carbons (Fsp3) is 0.179. The van der Waals surface area contributed by atoms with E-state index < -0.39 is 32.0 Å². The summed E-state index contributed by atoms with van der Waals surface area (Å²) >= 11 is 0.840. The second-order valence-electron chi connectivity index (χ2n) is 13.1. The number of aliphatic carboxylic acids is 1. The van der Waals surface area contributed by atoms with Gasteiger partial charge in [0.15, 0.2) is 0 Å². The lowest BCUT2D eigenvalue weighted by molar-refractivity contribution is -0.432. The number of hydrogen-bond acceptors (Lipinski definition) is 12. The number of carboxylic acids is 1. The Balaban J connectivity index is 1.37. The lowest BCUT2D eigenvalue weighted by Crippen LogP contribution is -2.40. The second kappa shape index (κ2) is 15.8. The van der Waals surface area contributed by atoms with Crippen LogP contribution in [0.1, 0.15) is 12.8 Å². The number of hydrogen-bond donors (Lipinski definition) is 2. The van der Waals surface area contributed by atoms with Crippen molar-refractivity contribution in [1.82, 2.24) is 4.31 Å². The molecular weight excluding hydrogens is 783 g/mol. The molecule has 6 aromatic rings. The highest BCUT2D eigenvalue weighted by Gasteiger charge is 2.35. The predicted octanol–water partition coefficient (Wildman–Crippen LogP) is 7.89. The van der Waals surface area contributed by atoms with Crippen LogP contribution in [0.5, 0.6) is 0 Å². The lowest BCUT2D eigenvalue weighted by Gasteiger charge is -2.30. The number of sulfonamides is 1. The van der Waals surface area contributed by atoms with Crippen molar-refractivity contribution in [3.8, 4) is 11.1 Å². The Bertz CT molecular complexity index is 2650. The lowest BCUT2D eigenvalue weighted by atomic mass is 9.96. The van der Waals surface area contributed by atoms with Gasteiger partial charge in [-0.05, 0) is 91.7 Å². The van der Waals surface area contributed by atoms with E-state index in [1.54, 1.807) is 54.4 Å². The standard InChI is InChI=1S/C39H35N3O11S3/c1-40(26-7-13-30(14-8-26)54-53-52-45)28-11-17-32-35(23-28)51-36-24-29(41(2)27-9-15-31(16-10-27)56(48,49)50)12-18-33(36)38(32)34-5-3-4-6-37(34)55(46,47)42-21-19-25(20-22-42)39(43)44/h3-18,23-25H,19-22H2,1-2H3,(H2-,43,44,45,48,49,50). The first kappa shape index (κ1) is 39.1. The molecular formula is C39H35N3O11S3. The van der Waals surface area contributed by atoms with Crippen LogP contribution >= 0.6 is 12.0 Å². The molecule has 14 nitrogen and oxygen atoms in total. The Morgan fingerprint density at radius 2 is 1.30 bits per heavy atom. The Kier molecular flexibility index (Phi) is 11.0. The van der Waals surface area contributed by atoms with Gasteiger partial charge in [-0.1, -0.05) is 23.2 Å². The van der Waals surface area contributed by atoms with Gasteiger partial charge in [-0.25, -0.2) is 26.5 Å². The maximum Gasteiger partial charge on any atom is 0.363 e. The topological polar surface area (TPSA) is 188 Å². The monoisotopic (exact) mass is 817 g/mol. The van der Waals surface area contributed by atoms with Crippen molar-refractivity contribution < 1.29 is 50.3 Å². The van der Waals surface area contributed by atoms with Gasteiger partial charge in [0, 0.05) is 54.6 Å². The smallest absolute Gasteiger partial charge is 0.363 e. The summed E-state index contributed by atoms with van der Waals surface area (Å²) in [6.45, 7) is 0.155. The average molecular weight is 818 g/mol. The quantitative estimate of drug-likeness (QED) is 0.0303. The molecule has 1 aromatic heterocycles. The van der Waals surface area contributed by atoms with Gasteiger partial charge in [-0.2, -0.15) is 4.31 Å². The van der Waals surface area contributed by atoms with Crippen molar-refractivity contribution in [2.75, 3.05) is 37.0 Å². The molecule has 290 valence electrons. The molecule has 0 spiro atoms. The van der Waals surface area contributed by atoms with Crippen LogP contribution in [0.15, 0.2) is 128 Å². The van der Waals surface area contributed by atoms with Crippen LogP contribution in [-0.4, -0.2) is 69.2 Å². The third-order valence-electron chi connectivity index (χ3n) is 9.94. The van der Waals surface area contributed by atoms with E-state index in [1.165, 1.54) is 28.6 Å². The maximum absolute atomic E-state index is 14.4. The number of fused-ring (bicyclic) bond motifs is 2. The van der Waals surface area contributed by atoms with E-state index in [-0.39, 0.29) is 35.7 Å². The van der Waals surface area contributed by atoms with Crippen LogP contribution in [-0.2, 0) is 34.3 Å². The van der Waals surface area contributed by atoms with Crippen molar-refractivity contribution in [1.29, 1.82) is 0 Å². The van der Waals surface area contributed by atoms with Crippen molar-refractivity contribution in [2.24, 2.45) is 5.92 Å². The highest BCUT2D eigenvalue weighted by atomic mass is 32.2. The minimum absolute atomic E-state index is 0.0758. The molecule has 1 aliphatic heterocycles. The van der Waals surface area contributed by atoms with E-state index >= 15 is 0 Å². The highest BCUT2D eigenvalue weighted by molar-refractivity contribution is 7.94. The Morgan fingerprint density at radius 3 is 1.82 bits per heavy atom. The van der Waals surface area contributed by atoms with Crippen LogP contribution < -0.4 is 9.80 Å². The number of rotatable bonds is 12. The summed E-state index contributed by atoms with van der Waals surface area (Å²) in [5, 5.41) is 23.0. The summed E-state index contributed by atoms with van der Waals surface area (Å²) in [5.41, 5.74) is 4.78. The van der Waals surface area contributed by atoms with Crippen LogP contribution in [0.4, 0.5) is 22.7 Å². The number of anilines is 4. The van der Waals surface area contributed by atoms with Gasteiger partial charge in [-0.3, -0.25) is 4.79 Å². The molecule has 56 heavy (non-hydrogen) atoms. The summed E-state index contributed by atoms with van der Waals surface area (Å²) in [6.07, 6.45) is 0.419. The molecule has 0 radical (unpaired) electrons. The number of carbonyl (C=O) groups is 1. The SMILES string of the molecule is CN(c1ccc(SOOO)cc1)c1ccc2c(-c3ccccc3S(=O)(=O)N3CCC(C(=O)O)CC3)c3ccc(N(C)c4ccc(S(=O)(=O)[O-])cc4)cc3[o+]c2c1. The number of benzene rings is 5. The number of nitrogens with zero attached hydrogens (tertiary/aromatic N) is 3. The first-order valence-corrected chi connectivity index (χ1v) is 20.8. The van der Waals surface area contributed by atoms with Crippen LogP contribution in [0.2, 0.25) is 0 Å². The van der Waals surface area contributed by atoms with Gasteiger partial charge in [0.25, 0.3) is 0 Å². The van der Waals surface area contributed by atoms with E-state index in [9.17, 15) is 31.3 Å². The number of carboxylic acid groups (broad SMARTS) is 1. The molecule has 5 aromatic carbocycles. The van der Waals surface area contributed by atoms with E-state index in [1.807, 2.05) is 54.4 Å². The molecule has 7 rings (SSSR count). The Hall–Kier alpha value is -5.11. The van der Waals surface area contributed by atoms with E-state index in [4.69, 9.17) is 9.67 Å². The second-order valence-corrected chi connectivity index (χ2v) is 17.2. The zero-order chi connectivity index (χ0) is 39.8.